The van der Waals surface area contributed by atoms with Crippen LogP contribution in [0.1, 0.15) is 31.4 Å². The van der Waals surface area contributed by atoms with Gasteiger partial charge in [-0.05, 0) is 42.2 Å². The molecule has 1 aromatic rings. The lowest BCUT2D eigenvalue weighted by Crippen LogP contribution is -2.08. The van der Waals surface area contributed by atoms with Crippen LogP contribution in [0.4, 0.5) is 0 Å². The van der Waals surface area contributed by atoms with Crippen LogP contribution < -0.4 is 15.4 Å². The molecule has 0 aliphatic heterocycles. The molecule has 0 saturated heterocycles. The van der Waals surface area contributed by atoms with Gasteiger partial charge in [0.15, 0.2) is 0 Å². The Morgan fingerprint density at radius 3 is 2.17 bits per heavy atom. The minimum absolute atomic E-state index is 0. The average Bonchev–Trinajstić information content (AvgIpc) is 2.51. The zero-order valence-electron chi connectivity index (χ0n) is 13.4. The highest BCUT2D eigenvalue weighted by Crippen LogP contribution is 2.31. The van der Waals surface area contributed by atoms with Crippen molar-refractivity contribution >= 4 is 35.6 Å². The normalized spacial score (nSPS) is 9.96. The number of hydrogen-bond acceptors (Lipinski definition) is 4. The number of ether oxygens (including phenoxy) is 2. The molecule has 0 aliphatic rings. The summed E-state index contributed by atoms with van der Waals surface area (Å²) in [5, 5.41) is 0. The van der Waals surface area contributed by atoms with E-state index in [4.69, 9.17) is 38.6 Å². The maximum Gasteiger partial charge on any atom is 0.125 e. The summed E-state index contributed by atoms with van der Waals surface area (Å²) in [6, 6.07) is 3.98. The van der Waals surface area contributed by atoms with Crippen molar-refractivity contribution in [1.29, 1.82) is 0 Å². The maximum absolute atomic E-state index is 5.90. The molecule has 7 heteroatoms. The first-order valence-corrected chi connectivity index (χ1v) is 8.12. The van der Waals surface area contributed by atoms with Gasteiger partial charge in [0.1, 0.15) is 22.6 Å². The third kappa shape index (κ3) is 8.13. The highest BCUT2D eigenvalue weighted by Gasteiger charge is 2.11. The van der Waals surface area contributed by atoms with Crippen LogP contribution in [-0.4, -0.2) is 19.8 Å². The van der Waals surface area contributed by atoms with Crippen molar-refractivity contribution in [3.8, 4) is 11.5 Å². The lowest BCUT2D eigenvalue weighted by molar-refractivity contribution is 0.122. The lowest BCUT2D eigenvalue weighted by atomic mass is 10.0. The molecule has 0 saturated carbocycles. The van der Waals surface area contributed by atoms with E-state index >= 15 is 0 Å². The van der Waals surface area contributed by atoms with Gasteiger partial charge in [0.05, 0.1) is 13.2 Å². The van der Waals surface area contributed by atoms with E-state index in [1.165, 1.54) is 0 Å². The number of nitrogens with two attached hydrogens (primary N) is 1. The maximum atomic E-state index is 5.90. The van der Waals surface area contributed by atoms with Gasteiger partial charge in [0.25, 0.3) is 0 Å². The van der Waals surface area contributed by atoms with E-state index in [0.29, 0.717) is 19.8 Å². The fourth-order valence-corrected chi connectivity index (χ4v) is 2.16. The fourth-order valence-electron chi connectivity index (χ4n) is 2.03. The van der Waals surface area contributed by atoms with Gasteiger partial charge in [-0.25, -0.2) is 5.90 Å². The van der Waals surface area contributed by atoms with Crippen molar-refractivity contribution in [2.24, 2.45) is 5.90 Å². The summed E-state index contributed by atoms with van der Waals surface area (Å²) in [6.07, 6.45) is 4.08. The molecule has 0 amide bonds. The van der Waals surface area contributed by atoms with E-state index < -0.39 is 0 Å². The zero-order valence-corrected chi connectivity index (χ0v) is 15.8. The largest absolute Gasteiger partial charge is 0.493 e. The molecule has 0 spiro atoms. The van der Waals surface area contributed by atoms with Crippen molar-refractivity contribution < 1.29 is 14.3 Å². The molecule has 1 rings (SSSR count). The molecular weight excluding hydrogens is 361 g/mol. The van der Waals surface area contributed by atoms with Gasteiger partial charge in [0, 0.05) is 6.42 Å². The van der Waals surface area contributed by atoms with Gasteiger partial charge < -0.3 is 14.3 Å². The van der Waals surface area contributed by atoms with Crippen LogP contribution in [-0.2, 0) is 17.7 Å². The molecule has 0 aliphatic carbocycles. The van der Waals surface area contributed by atoms with Crippen LogP contribution in [0.2, 0.25) is 0 Å². The third-order valence-corrected chi connectivity index (χ3v) is 3.43. The average molecular weight is 385 g/mol. The lowest BCUT2D eigenvalue weighted by Gasteiger charge is -2.17. The SMILES string of the molecule is CCc1cc(OCC=C(Cl)Cl)cc(CC)c1OCCCON.Cl. The zero-order chi connectivity index (χ0) is 16.4. The predicted octanol–water partition coefficient (Wildman–Crippen LogP) is 4.59. The Kier molecular flexibility index (Phi) is 12.4. The molecule has 0 unspecified atom stereocenters. The van der Waals surface area contributed by atoms with Gasteiger partial charge in [0.2, 0.25) is 0 Å². The predicted molar refractivity (Wildman–Crippen MR) is 98.0 cm³/mol. The van der Waals surface area contributed by atoms with Gasteiger partial charge in [-0.15, -0.1) is 12.4 Å². The van der Waals surface area contributed by atoms with Crippen LogP contribution in [0.3, 0.4) is 0 Å². The minimum atomic E-state index is 0. The first-order valence-electron chi connectivity index (χ1n) is 7.36. The molecule has 132 valence electrons. The van der Waals surface area contributed by atoms with E-state index in [0.717, 1.165) is 41.9 Å². The van der Waals surface area contributed by atoms with E-state index in [1.807, 2.05) is 12.1 Å². The smallest absolute Gasteiger partial charge is 0.125 e. The van der Waals surface area contributed by atoms with Crippen LogP contribution in [0, 0.1) is 0 Å². The molecule has 0 aromatic heterocycles. The van der Waals surface area contributed by atoms with Crippen LogP contribution in [0.15, 0.2) is 22.7 Å². The van der Waals surface area contributed by atoms with E-state index in [1.54, 1.807) is 6.08 Å². The fraction of sp³-hybridized carbons (Fsp3) is 0.500. The molecule has 0 fully saturated rings. The second-order valence-electron chi connectivity index (χ2n) is 4.66. The highest BCUT2D eigenvalue weighted by molar-refractivity contribution is 6.55. The molecular formula is C16H24Cl3NO3. The molecule has 0 bridgehead atoms. The minimum Gasteiger partial charge on any atom is -0.493 e. The molecule has 0 atom stereocenters. The van der Waals surface area contributed by atoms with Gasteiger partial charge in [-0.3, -0.25) is 0 Å². The van der Waals surface area contributed by atoms with Crippen molar-refractivity contribution in [2.75, 3.05) is 19.8 Å². The summed E-state index contributed by atoms with van der Waals surface area (Å²) in [6.45, 7) is 5.56. The first kappa shape index (κ1) is 22.4. The topological polar surface area (TPSA) is 53.7 Å². The Morgan fingerprint density at radius 2 is 1.70 bits per heavy atom. The first-order chi connectivity index (χ1) is 10.6. The summed E-state index contributed by atoms with van der Waals surface area (Å²) in [7, 11) is 0. The van der Waals surface area contributed by atoms with Gasteiger partial charge in [-0.2, -0.15) is 0 Å². The van der Waals surface area contributed by atoms with Gasteiger partial charge in [-0.1, -0.05) is 37.0 Å². The van der Waals surface area contributed by atoms with Gasteiger partial charge >= 0.3 is 0 Å². The number of hydrogen-bond donors (Lipinski definition) is 1. The number of rotatable bonds is 10. The summed E-state index contributed by atoms with van der Waals surface area (Å²) in [4.78, 5) is 4.55. The Bertz CT molecular complexity index is 466. The quantitative estimate of drug-likeness (QED) is 0.473. The summed E-state index contributed by atoms with van der Waals surface area (Å²) in [5.74, 6) is 6.73. The molecule has 0 radical (unpaired) electrons. The Morgan fingerprint density at radius 1 is 1.09 bits per heavy atom. The van der Waals surface area contributed by atoms with Crippen molar-refractivity contribution in [3.63, 3.8) is 0 Å². The highest BCUT2D eigenvalue weighted by atomic mass is 35.5. The molecule has 0 heterocycles. The summed E-state index contributed by atoms with van der Waals surface area (Å²) in [5.41, 5.74) is 2.23. The van der Waals surface area contributed by atoms with Crippen molar-refractivity contribution in [1.82, 2.24) is 0 Å². The standard InChI is InChI=1S/C16H23Cl2NO3.ClH/c1-3-12-10-14(20-9-6-15(17)18)11-13(4-2)16(12)21-7-5-8-22-19;/h6,10-11H,3-5,7-9,19H2,1-2H3;1H. The monoisotopic (exact) mass is 383 g/mol. The van der Waals surface area contributed by atoms with E-state index in [2.05, 4.69) is 18.7 Å². The van der Waals surface area contributed by atoms with Crippen LogP contribution in [0.5, 0.6) is 11.5 Å². The summed E-state index contributed by atoms with van der Waals surface area (Å²) < 4.78 is 11.8. The summed E-state index contributed by atoms with van der Waals surface area (Å²) >= 11 is 11.2. The number of aryl methyl sites for hydroxylation is 2. The van der Waals surface area contributed by atoms with Crippen molar-refractivity contribution in [3.05, 3.63) is 33.8 Å². The van der Waals surface area contributed by atoms with Crippen molar-refractivity contribution in [2.45, 2.75) is 33.1 Å². The second-order valence-corrected chi connectivity index (χ2v) is 5.66. The van der Waals surface area contributed by atoms with Crippen LogP contribution in [0.25, 0.3) is 0 Å². The van der Waals surface area contributed by atoms with Crippen LogP contribution >= 0.6 is 35.6 Å². The van der Waals surface area contributed by atoms with E-state index in [-0.39, 0.29) is 16.9 Å². The molecule has 23 heavy (non-hydrogen) atoms. The third-order valence-electron chi connectivity index (χ3n) is 3.12. The Balaban J connectivity index is 0.00000484. The number of halogens is 3. The number of benzene rings is 1. The Labute approximate surface area is 154 Å². The molecule has 1 aromatic carbocycles. The second kappa shape index (κ2) is 12.7. The molecule has 4 nitrogen and oxygen atoms in total. The Hall–Kier alpha value is -0.650. The van der Waals surface area contributed by atoms with E-state index in [9.17, 15) is 0 Å². The molecule has 2 N–H and O–H groups in total.